The Kier molecular flexibility index (Phi) is 3.06. The number of para-hydroxylation sites is 2. The van der Waals surface area contributed by atoms with Gasteiger partial charge in [-0.1, -0.05) is 12.1 Å². The fourth-order valence-electron chi connectivity index (χ4n) is 2.47. The molecule has 1 N–H and O–H groups in total. The van der Waals surface area contributed by atoms with E-state index in [0.29, 0.717) is 30.4 Å². The second kappa shape index (κ2) is 4.88. The predicted molar refractivity (Wildman–Crippen MR) is 71.2 cm³/mol. The molecular formula is C14H13N3O3. The lowest BCUT2D eigenvalue weighted by Gasteiger charge is -2.20. The molecule has 1 saturated heterocycles. The molecule has 0 unspecified atom stereocenters. The van der Waals surface area contributed by atoms with Crippen LogP contribution >= 0.6 is 0 Å². The van der Waals surface area contributed by atoms with E-state index in [2.05, 4.69) is 9.97 Å². The molecule has 0 spiro atoms. The highest BCUT2D eigenvalue weighted by Gasteiger charge is 2.35. The van der Waals surface area contributed by atoms with E-state index in [0.717, 1.165) is 0 Å². The van der Waals surface area contributed by atoms with Crippen LogP contribution in [0.2, 0.25) is 0 Å². The van der Waals surface area contributed by atoms with Crippen molar-refractivity contribution in [2.75, 3.05) is 6.54 Å². The average Bonchev–Trinajstić information content (AvgIpc) is 2.95. The van der Waals surface area contributed by atoms with Gasteiger partial charge < -0.3 is 10.0 Å². The fraction of sp³-hybridized carbons (Fsp3) is 0.286. The van der Waals surface area contributed by atoms with Crippen molar-refractivity contribution in [2.24, 2.45) is 0 Å². The zero-order valence-electron chi connectivity index (χ0n) is 10.7. The Labute approximate surface area is 115 Å². The topological polar surface area (TPSA) is 83.4 Å². The van der Waals surface area contributed by atoms with Gasteiger partial charge in [-0.3, -0.25) is 9.78 Å². The Balaban J connectivity index is 1.94. The minimum atomic E-state index is -0.968. The van der Waals surface area contributed by atoms with E-state index in [1.807, 2.05) is 18.2 Å². The molecule has 1 aliphatic rings. The average molecular weight is 271 g/mol. The number of hydrogen-bond acceptors (Lipinski definition) is 4. The lowest BCUT2D eigenvalue weighted by atomic mass is 10.2. The molecule has 6 heteroatoms. The second-order valence-corrected chi connectivity index (χ2v) is 4.74. The summed E-state index contributed by atoms with van der Waals surface area (Å²) in [6.07, 6.45) is 2.59. The molecule has 0 saturated carbocycles. The first-order chi connectivity index (χ1) is 9.66. The van der Waals surface area contributed by atoms with Gasteiger partial charge in [0.1, 0.15) is 11.7 Å². The van der Waals surface area contributed by atoms with Crippen LogP contribution in [0, 0.1) is 0 Å². The fourth-order valence-corrected chi connectivity index (χ4v) is 2.47. The number of carboxylic acid groups (broad SMARTS) is 1. The molecule has 1 atom stereocenters. The highest BCUT2D eigenvalue weighted by molar-refractivity contribution is 5.96. The summed E-state index contributed by atoms with van der Waals surface area (Å²) < 4.78 is 0. The molecule has 1 aliphatic heterocycles. The van der Waals surface area contributed by atoms with Crippen molar-refractivity contribution < 1.29 is 14.7 Å². The predicted octanol–water partition coefficient (Wildman–Crippen LogP) is 1.32. The highest BCUT2D eigenvalue weighted by Crippen LogP contribution is 2.20. The third kappa shape index (κ3) is 2.09. The Bertz CT molecular complexity index is 686. The van der Waals surface area contributed by atoms with E-state index in [1.165, 1.54) is 11.1 Å². The van der Waals surface area contributed by atoms with Crippen LogP contribution in [-0.2, 0) is 4.79 Å². The second-order valence-electron chi connectivity index (χ2n) is 4.74. The van der Waals surface area contributed by atoms with Crippen LogP contribution < -0.4 is 0 Å². The molecule has 1 amide bonds. The van der Waals surface area contributed by atoms with Gasteiger partial charge in [-0.25, -0.2) is 9.78 Å². The van der Waals surface area contributed by atoms with Crippen molar-refractivity contribution in [3.63, 3.8) is 0 Å². The van der Waals surface area contributed by atoms with Gasteiger partial charge in [0, 0.05) is 6.54 Å². The normalized spacial score (nSPS) is 18.4. The summed E-state index contributed by atoms with van der Waals surface area (Å²) in [6, 6.07) is 6.50. The number of likely N-dealkylation sites (tertiary alicyclic amines) is 1. The van der Waals surface area contributed by atoms with Gasteiger partial charge in [-0.05, 0) is 25.0 Å². The molecule has 2 aromatic rings. The van der Waals surface area contributed by atoms with Crippen molar-refractivity contribution >= 4 is 22.9 Å². The first-order valence-corrected chi connectivity index (χ1v) is 6.42. The SMILES string of the molecule is O=C(O)[C@@H]1CCCN1C(=O)c1cnc2ccccc2n1. The summed E-state index contributed by atoms with van der Waals surface area (Å²) in [7, 11) is 0. The molecule has 1 fully saturated rings. The number of carbonyl (C=O) groups excluding carboxylic acids is 1. The molecule has 3 rings (SSSR count). The van der Waals surface area contributed by atoms with Crippen molar-refractivity contribution in [3.05, 3.63) is 36.2 Å². The number of amides is 1. The quantitative estimate of drug-likeness (QED) is 0.890. The summed E-state index contributed by atoms with van der Waals surface area (Å²) in [6.45, 7) is 0.449. The zero-order valence-corrected chi connectivity index (χ0v) is 10.7. The first-order valence-electron chi connectivity index (χ1n) is 6.42. The Morgan fingerprint density at radius 2 is 2.00 bits per heavy atom. The summed E-state index contributed by atoms with van der Waals surface area (Å²) >= 11 is 0. The van der Waals surface area contributed by atoms with Crippen LogP contribution in [-0.4, -0.2) is 44.4 Å². The number of rotatable bonds is 2. The van der Waals surface area contributed by atoms with E-state index in [1.54, 1.807) is 6.07 Å². The van der Waals surface area contributed by atoms with Gasteiger partial charge in [0.05, 0.1) is 17.2 Å². The number of benzene rings is 1. The van der Waals surface area contributed by atoms with Gasteiger partial charge in [0.2, 0.25) is 0 Å². The van der Waals surface area contributed by atoms with Crippen LogP contribution in [0.25, 0.3) is 11.0 Å². The van der Waals surface area contributed by atoms with Gasteiger partial charge in [-0.2, -0.15) is 0 Å². The molecule has 1 aromatic heterocycles. The summed E-state index contributed by atoms with van der Waals surface area (Å²) in [5.41, 5.74) is 1.53. The third-order valence-electron chi connectivity index (χ3n) is 3.47. The van der Waals surface area contributed by atoms with E-state index >= 15 is 0 Å². The number of aliphatic carboxylic acids is 1. The molecule has 0 aliphatic carbocycles. The van der Waals surface area contributed by atoms with Crippen molar-refractivity contribution in [3.8, 4) is 0 Å². The maximum Gasteiger partial charge on any atom is 0.326 e. The molecule has 0 radical (unpaired) electrons. The monoisotopic (exact) mass is 271 g/mol. The van der Waals surface area contributed by atoms with Gasteiger partial charge in [0.25, 0.3) is 5.91 Å². The molecule has 0 bridgehead atoms. The smallest absolute Gasteiger partial charge is 0.326 e. The standard InChI is InChI=1S/C14H13N3O3/c18-13(17-7-3-6-12(17)14(19)20)11-8-15-9-4-1-2-5-10(9)16-11/h1-2,4-5,8,12H,3,6-7H2,(H,19,20)/t12-/m0/s1. The number of carbonyl (C=O) groups is 2. The largest absolute Gasteiger partial charge is 0.480 e. The highest BCUT2D eigenvalue weighted by atomic mass is 16.4. The number of hydrogen-bond donors (Lipinski definition) is 1. The van der Waals surface area contributed by atoms with Crippen LogP contribution in [0.1, 0.15) is 23.3 Å². The Morgan fingerprint density at radius 3 is 2.75 bits per heavy atom. The number of aromatic nitrogens is 2. The van der Waals surface area contributed by atoms with Crippen LogP contribution in [0.3, 0.4) is 0 Å². The number of fused-ring (bicyclic) bond motifs is 1. The van der Waals surface area contributed by atoms with E-state index in [-0.39, 0.29) is 11.6 Å². The zero-order chi connectivity index (χ0) is 14.1. The molecule has 20 heavy (non-hydrogen) atoms. The van der Waals surface area contributed by atoms with Crippen LogP contribution in [0.15, 0.2) is 30.5 Å². The van der Waals surface area contributed by atoms with Crippen LogP contribution in [0.4, 0.5) is 0 Å². The number of carboxylic acids is 1. The van der Waals surface area contributed by atoms with Gasteiger partial charge in [0.15, 0.2) is 0 Å². The molecule has 1 aromatic carbocycles. The van der Waals surface area contributed by atoms with Crippen molar-refractivity contribution in [1.82, 2.24) is 14.9 Å². The van der Waals surface area contributed by atoms with E-state index in [9.17, 15) is 9.59 Å². The summed E-state index contributed by atoms with van der Waals surface area (Å²) in [4.78, 5) is 33.3. The van der Waals surface area contributed by atoms with E-state index in [4.69, 9.17) is 5.11 Å². The Morgan fingerprint density at radius 1 is 1.25 bits per heavy atom. The molecule has 2 heterocycles. The molecule has 102 valence electrons. The van der Waals surface area contributed by atoms with Gasteiger partial charge in [-0.15, -0.1) is 0 Å². The molecule has 6 nitrogen and oxygen atoms in total. The first kappa shape index (κ1) is 12.5. The maximum atomic E-state index is 12.4. The summed E-state index contributed by atoms with van der Waals surface area (Å²) in [5.74, 6) is -1.34. The van der Waals surface area contributed by atoms with Gasteiger partial charge >= 0.3 is 5.97 Å². The Hall–Kier alpha value is -2.50. The van der Waals surface area contributed by atoms with Crippen molar-refractivity contribution in [2.45, 2.75) is 18.9 Å². The minimum absolute atomic E-state index is 0.192. The lowest BCUT2D eigenvalue weighted by molar-refractivity contribution is -0.141. The summed E-state index contributed by atoms with van der Waals surface area (Å²) in [5, 5.41) is 9.12. The number of nitrogens with zero attached hydrogens (tertiary/aromatic N) is 3. The third-order valence-corrected chi connectivity index (χ3v) is 3.47. The van der Waals surface area contributed by atoms with Crippen LogP contribution in [0.5, 0.6) is 0 Å². The van der Waals surface area contributed by atoms with E-state index < -0.39 is 12.0 Å². The van der Waals surface area contributed by atoms with Crippen molar-refractivity contribution in [1.29, 1.82) is 0 Å². The minimum Gasteiger partial charge on any atom is -0.480 e. The lowest BCUT2D eigenvalue weighted by Crippen LogP contribution is -2.40. The molecular weight excluding hydrogens is 258 g/mol. The maximum absolute atomic E-state index is 12.4.